The molecular formula is C13H17ClN2O. The van der Waals surface area contributed by atoms with Crippen LogP contribution in [0.5, 0.6) is 0 Å². The van der Waals surface area contributed by atoms with Gasteiger partial charge in [-0.2, -0.15) is 0 Å². The number of hydrogen-bond acceptors (Lipinski definition) is 1. The Balaban J connectivity index is 2.36. The lowest BCUT2D eigenvalue weighted by Crippen LogP contribution is -2.31. The minimum atomic E-state index is -0.234. The number of halogens is 1. The molecule has 1 aromatic rings. The number of allylic oxidation sites excluding steroid dienone is 1. The fourth-order valence-electron chi connectivity index (χ4n) is 1.18. The maximum atomic E-state index is 11.4. The Bertz CT molecular complexity index is 402. The molecule has 0 unspecified atom stereocenters. The molecule has 0 saturated carbocycles. The molecule has 0 spiro atoms. The van der Waals surface area contributed by atoms with Gasteiger partial charge in [0.1, 0.15) is 0 Å². The Morgan fingerprint density at radius 2 is 2.12 bits per heavy atom. The summed E-state index contributed by atoms with van der Waals surface area (Å²) in [5.74, 6) is 0.416. The molecule has 1 aromatic carbocycles. The van der Waals surface area contributed by atoms with E-state index < -0.39 is 0 Å². The molecule has 0 aromatic heterocycles. The molecule has 17 heavy (non-hydrogen) atoms. The predicted octanol–water partition coefficient (Wildman–Crippen LogP) is 3.31. The van der Waals surface area contributed by atoms with Crippen molar-refractivity contribution in [3.8, 4) is 0 Å². The van der Waals surface area contributed by atoms with E-state index in [9.17, 15) is 4.79 Å². The van der Waals surface area contributed by atoms with Gasteiger partial charge in [0.05, 0.1) is 0 Å². The Morgan fingerprint density at radius 1 is 1.41 bits per heavy atom. The number of amides is 2. The number of hydrogen-bond donors (Lipinski definition) is 2. The van der Waals surface area contributed by atoms with Crippen LogP contribution in [-0.2, 0) is 6.54 Å². The van der Waals surface area contributed by atoms with E-state index in [1.807, 2.05) is 38.1 Å². The fraction of sp³-hybridized carbons (Fsp3) is 0.308. The Morgan fingerprint density at radius 3 is 2.76 bits per heavy atom. The van der Waals surface area contributed by atoms with Crippen LogP contribution >= 0.6 is 11.6 Å². The first-order valence-electron chi connectivity index (χ1n) is 5.54. The van der Waals surface area contributed by atoms with E-state index in [0.717, 1.165) is 5.56 Å². The van der Waals surface area contributed by atoms with Gasteiger partial charge in [0, 0.05) is 17.8 Å². The molecule has 0 heterocycles. The molecule has 3 nitrogen and oxygen atoms in total. The van der Waals surface area contributed by atoms with Crippen molar-refractivity contribution >= 4 is 17.6 Å². The Kier molecular flexibility index (Phi) is 5.57. The van der Waals surface area contributed by atoms with Crippen LogP contribution in [0.4, 0.5) is 4.79 Å². The summed E-state index contributed by atoms with van der Waals surface area (Å²) in [6.07, 6.45) is 3.56. The fourth-order valence-corrected chi connectivity index (χ4v) is 1.39. The topological polar surface area (TPSA) is 41.1 Å². The van der Waals surface area contributed by atoms with Crippen LogP contribution in [0.2, 0.25) is 5.02 Å². The van der Waals surface area contributed by atoms with Crippen LogP contribution in [0.1, 0.15) is 19.4 Å². The van der Waals surface area contributed by atoms with E-state index in [4.69, 9.17) is 11.6 Å². The molecule has 4 heteroatoms. The molecule has 2 amide bonds. The van der Waals surface area contributed by atoms with E-state index in [1.165, 1.54) is 0 Å². The highest BCUT2D eigenvalue weighted by molar-refractivity contribution is 6.31. The third kappa shape index (κ3) is 5.41. The minimum absolute atomic E-state index is 0.234. The average Bonchev–Trinajstić information content (AvgIpc) is 2.27. The van der Waals surface area contributed by atoms with Crippen molar-refractivity contribution in [3.05, 3.63) is 47.1 Å². The molecule has 2 N–H and O–H groups in total. The van der Waals surface area contributed by atoms with E-state index in [-0.39, 0.29) is 6.03 Å². The largest absolute Gasteiger partial charge is 0.334 e. The third-order valence-electron chi connectivity index (χ3n) is 2.09. The first-order chi connectivity index (χ1) is 8.09. The van der Waals surface area contributed by atoms with Crippen LogP contribution in [0, 0.1) is 5.92 Å². The summed E-state index contributed by atoms with van der Waals surface area (Å²) in [5.41, 5.74) is 0.900. The molecular weight excluding hydrogens is 236 g/mol. The maximum absolute atomic E-state index is 11.4. The molecule has 0 aliphatic heterocycles. The summed E-state index contributed by atoms with van der Waals surface area (Å²) in [4.78, 5) is 11.4. The second kappa shape index (κ2) is 6.97. The van der Waals surface area contributed by atoms with Gasteiger partial charge in [-0.05, 0) is 17.5 Å². The lowest BCUT2D eigenvalue weighted by atomic mass is 10.2. The SMILES string of the molecule is CC(C)/C=C/NC(=O)NCc1ccccc1Cl. The van der Waals surface area contributed by atoms with Crippen LogP contribution < -0.4 is 10.6 Å². The third-order valence-corrected chi connectivity index (χ3v) is 2.46. The van der Waals surface area contributed by atoms with Gasteiger partial charge < -0.3 is 10.6 Å². The number of carbonyl (C=O) groups is 1. The lowest BCUT2D eigenvalue weighted by Gasteiger charge is -2.06. The predicted molar refractivity (Wildman–Crippen MR) is 70.8 cm³/mol. The van der Waals surface area contributed by atoms with Gasteiger partial charge >= 0.3 is 6.03 Å². The summed E-state index contributed by atoms with van der Waals surface area (Å²) in [6, 6.07) is 7.19. The quantitative estimate of drug-likeness (QED) is 0.848. The first kappa shape index (κ1) is 13.6. The molecule has 92 valence electrons. The Hall–Kier alpha value is -1.48. The molecule has 0 saturated heterocycles. The zero-order chi connectivity index (χ0) is 12.7. The van der Waals surface area contributed by atoms with Gasteiger partial charge in [0.15, 0.2) is 0 Å². The Labute approximate surface area is 107 Å². The summed E-state index contributed by atoms with van der Waals surface area (Å²) < 4.78 is 0. The average molecular weight is 253 g/mol. The zero-order valence-electron chi connectivity index (χ0n) is 10.0. The lowest BCUT2D eigenvalue weighted by molar-refractivity contribution is 0.243. The second-order valence-corrected chi connectivity index (χ2v) is 4.43. The smallest absolute Gasteiger partial charge is 0.319 e. The normalized spacial score (nSPS) is 10.8. The van der Waals surface area contributed by atoms with Crippen molar-refractivity contribution in [1.82, 2.24) is 10.6 Å². The van der Waals surface area contributed by atoms with E-state index in [0.29, 0.717) is 17.5 Å². The number of carbonyl (C=O) groups excluding carboxylic acids is 1. The van der Waals surface area contributed by atoms with Crippen LogP contribution in [0.15, 0.2) is 36.5 Å². The van der Waals surface area contributed by atoms with Crippen molar-refractivity contribution < 1.29 is 4.79 Å². The van der Waals surface area contributed by atoms with Crippen molar-refractivity contribution in [2.75, 3.05) is 0 Å². The second-order valence-electron chi connectivity index (χ2n) is 4.02. The number of nitrogens with one attached hydrogen (secondary N) is 2. The van der Waals surface area contributed by atoms with Gasteiger partial charge in [-0.3, -0.25) is 0 Å². The highest BCUT2D eigenvalue weighted by atomic mass is 35.5. The first-order valence-corrected chi connectivity index (χ1v) is 5.92. The standard InChI is InChI=1S/C13H17ClN2O/c1-10(2)7-8-15-13(17)16-9-11-5-3-4-6-12(11)14/h3-8,10H,9H2,1-2H3,(H2,15,16,17)/b8-7+. The number of benzene rings is 1. The maximum Gasteiger partial charge on any atom is 0.319 e. The van der Waals surface area contributed by atoms with Gasteiger partial charge in [0.2, 0.25) is 0 Å². The summed E-state index contributed by atoms with van der Waals surface area (Å²) in [5, 5.41) is 6.02. The molecule has 0 aliphatic rings. The molecule has 1 rings (SSSR count). The van der Waals surface area contributed by atoms with Crippen molar-refractivity contribution in [1.29, 1.82) is 0 Å². The summed E-state index contributed by atoms with van der Waals surface area (Å²) in [6.45, 7) is 4.50. The molecule has 0 atom stereocenters. The van der Waals surface area contributed by atoms with Crippen LogP contribution in [0.25, 0.3) is 0 Å². The molecule has 0 radical (unpaired) electrons. The minimum Gasteiger partial charge on any atom is -0.334 e. The van der Waals surface area contributed by atoms with E-state index in [2.05, 4.69) is 10.6 Å². The van der Waals surface area contributed by atoms with Crippen molar-refractivity contribution in [2.24, 2.45) is 5.92 Å². The van der Waals surface area contributed by atoms with E-state index in [1.54, 1.807) is 12.3 Å². The summed E-state index contributed by atoms with van der Waals surface area (Å²) in [7, 11) is 0. The summed E-state index contributed by atoms with van der Waals surface area (Å²) >= 11 is 5.97. The highest BCUT2D eigenvalue weighted by Gasteiger charge is 2.01. The van der Waals surface area contributed by atoms with Crippen LogP contribution in [-0.4, -0.2) is 6.03 Å². The zero-order valence-corrected chi connectivity index (χ0v) is 10.8. The number of rotatable bonds is 4. The van der Waals surface area contributed by atoms with Gasteiger partial charge in [-0.15, -0.1) is 0 Å². The van der Waals surface area contributed by atoms with Crippen molar-refractivity contribution in [3.63, 3.8) is 0 Å². The van der Waals surface area contributed by atoms with Crippen molar-refractivity contribution in [2.45, 2.75) is 20.4 Å². The molecule has 0 fully saturated rings. The van der Waals surface area contributed by atoms with Crippen LogP contribution in [0.3, 0.4) is 0 Å². The van der Waals surface area contributed by atoms with E-state index >= 15 is 0 Å². The van der Waals surface area contributed by atoms with Gasteiger partial charge in [-0.1, -0.05) is 49.7 Å². The monoisotopic (exact) mass is 252 g/mol. The number of urea groups is 1. The van der Waals surface area contributed by atoms with Gasteiger partial charge in [-0.25, -0.2) is 4.79 Å². The highest BCUT2D eigenvalue weighted by Crippen LogP contribution is 2.13. The van der Waals surface area contributed by atoms with Gasteiger partial charge in [0.25, 0.3) is 0 Å². The molecule has 0 aliphatic carbocycles. The molecule has 0 bridgehead atoms.